The maximum absolute atomic E-state index is 12.0. The molecule has 1 saturated carbocycles. The molecule has 17 heavy (non-hydrogen) atoms. The van der Waals surface area contributed by atoms with Crippen LogP contribution in [-0.4, -0.2) is 23.9 Å². The van der Waals surface area contributed by atoms with Crippen molar-refractivity contribution in [1.29, 1.82) is 0 Å². The number of rotatable bonds is 3. The highest BCUT2D eigenvalue weighted by Crippen LogP contribution is 2.26. The van der Waals surface area contributed by atoms with Gasteiger partial charge in [-0.05, 0) is 31.4 Å². The molecule has 1 aromatic heterocycles. The van der Waals surface area contributed by atoms with E-state index in [9.17, 15) is 4.79 Å². The van der Waals surface area contributed by atoms with Gasteiger partial charge in [-0.25, -0.2) is 0 Å². The standard InChI is InChI=1S/C12H18N2O2.ClH/c1-14(8-11-3-2-6-16-11)12(15)9-4-5-10(13)7-9;/h2-3,6,9-10H,4-5,7-8,13H2,1H3;1H. The highest BCUT2D eigenvalue weighted by molar-refractivity contribution is 5.85. The highest BCUT2D eigenvalue weighted by Gasteiger charge is 2.29. The van der Waals surface area contributed by atoms with E-state index in [1.54, 1.807) is 11.2 Å². The van der Waals surface area contributed by atoms with Crippen LogP contribution in [0, 0.1) is 5.92 Å². The summed E-state index contributed by atoms with van der Waals surface area (Å²) in [6, 6.07) is 3.91. The van der Waals surface area contributed by atoms with Gasteiger partial charge in [0.25, 0.3) is 0 Å². The molecule has 1 aliphatic carbocycles. The van der Waals surface area contributed by atoms with Gasteiger partial charge in [-0.1, -0.05) is 0 Å². The van der Waals surface area contributed by atoms with E-state index in [1.165, 1.54) is 0 Å². The lowest BCUT2D eigenvalue weighted by Crippen LogP contribution is -2.32. The lowest BCUT2D eigenvalue weighted by Gasteiger charge is -2.19. The van der Waals surface area contributed by atoms with Crippen LogP contribution in [0.5, 0.6) is 0 Å². The van der Waals surface area contributed by atoms with Crippen LogP contribution in [0.15, 0.2) is 22.8 Å². The van der Waals surface area contributed by atoms with E-state index >= 15 is 0 Å². The largest absolute Gasteiger partial charge is 0.467 e. The van der Waals surface area contributed by atoms with Gasteiger partial charge in [0.05, 0.1) is 12.8 Å². The summed E-state index contributed by atoms with van der Waals surface area (Å²) in [6.07, 6.45) is 4.33. The van der Waals surface area contributed by atoms with Crippen LogP contribution in [0.3, 0.4) is 0 Å². The third kappa shape index (κ3) is 3.48. The molecule has 2 atom stereocenters. The van der Waals surface area contributed by atoms with Gasteiger partial charge >= 0.3 is 0 Å². The third-order valence-electron chi connectivity index (χ3n) is 3.17. The Hall–Kier alpha value is -1.00. The summed E-state index contributed by atoms with van der Waals surface area (Å²) < 4.78 is 5.22. The van der Waals surface area contributed by atoms with Crippen LogP contribution < -0.4 is 5.73 Å². The first kappa shape index (κ1) is 14.1. The van der Waals surface area contributed by atoms with E-state index in [0.29, 0.717) is 6.54 Å². The van der Waals surface area contributed by atoms with Crippen molar-refractivity contribution in [1.82, 2.24) is 4.90 Å². The fourth-order valence-electron chi connectivity index (χ4n) is 2.27. The minimum atomic E-state index is 0. The topological polar surface area (TPSA) is 59.5 Å². The van der Waals surface area contributed by atoms with Gasteiger partial charge < -0.3 is 15.1 Å². The molecule has 1 aromatic rings. The Labute approximate surface area is 108 Å². The molecule has 2 rings (SSSR count). The van der Waals surface area contributed by atoms with Gasteiger partial charge in [0.2, 0.25) is 5.91 Å². The average Bonchev–Trinajstić information content (AvgIpc) is 2.88. The minimum Gasteiger partial charge on any atom is -0.467 e. The number of carbonyl (C=O) groups is 1. The SMILES string of the molecule is CN(Cc1ccco1)C(=O)C1CCC(N)C1.Cl. The molecule has 5 heteroatoms. The Morgan fingerprint density at radius 2 is 2.35 bits per heavy atom. The van der Waals surface area contributed by atoms with Crippen LogP contribution in [0.4, 0.5) is 0 Å². The van der Waals surface area contributed by atoms with Gasteiger partial charge in [0, 0.05) is 19.0 Å². The zero-order chi connectivity index (χ0) is 11.5. The molecule has 0 aliphatic heterocycles. The molecule has 0 aromatic carbocycles. The smallest absolute Gasteiger partial charge is 0.225 e. The second-order valence-electron chi connectivity index (χ2n) is 4.54. The van der Waals surface area contributed by atoms with E-state index in [1.807, 2.05) is 19.2 Å². The van der Waals surface area contributed by atoms with Crippen molar-refractivity contribution in [2.24, 2.45) is 11.7 Å². The Morgan fingerprint density at radius 1 is 1.59 bits per heavy atom. The zero-order valence-corrected chi connectivity index (χ0v) is 10.8. The number of halogens is 1. The van der Waals surface area contributed by atoms with E-state index < -0.39 is 0 Å². The second kappa shape index (κ2) is 6.07. The van der Waals surface area contributed by atoms with Crippen molar-refractivity contribution in [3.63, 3.8) is 0 Å². The normalized spacial score (nSPS) is 23.2. The molecule has 1 fully saturated rings. The maximum atomic E-state index is 12.0. The van der Waals surface area contributed by atoms with Crippen LogP contribution in [0.2, 0.25) is 0 Å². The number of nitrogens with zero attached hydrogens (tertiary/aromatic N) is 1. The van der Waals surface area contributed by atoms with Crippen LogP contribution in [-0.2, 0) is 11.3 Å². The zero-order valence-electron chi connectivity index (χ0n) is 9.96. The molecule has 0 spiro atoms. The molecule has 1 aliphatic rings. The molecular formula is C12H19ClN2O2. The van der Waals surface area contributed by atoms with E-state index in [2.05, 4.69) is 0 Å². The number of hydrogen-bond donors (Lipinski definition) is 1. The lowest BCUT2D eigenvalue weighted by molar-refractivity contribution is -0.134. The summed E-state index contributed by atoms with van der Waals surface area (Å²) in [4.78, 5) is 13.8. The molecule has 1 amide bonds. The van der Waals surface area contributed by atoms with Crippen LogP contribution in [0.25, 0.3) is 0 Å². The fourth-order valence-corrected chi connectivity index (χ4v) is 2.27. The molecule has 0 saturated heterocycles. The summed E-state index contributed by atoms with van der Waals surface area (Å²) in [5.41, 5.74) is 5.81. The summed E-state index contributed by atoms with van der Waals surface area (Å²) in [5.74, 6) is 1.11. The number of nitrogens with two attached hydrogens (primary N) is 1. The predicted octanol–water partition coefficient (Wildman–Crippen LogP) is 1.79. The summed E-state index contributed by atoms with van der Waals surface area (Å²) in [5, 5.41) is 0. The predicted molar refractivity (Wildman–Crippen MR) is 67.7 cm³/mol. The fraction of sp³-hybridized carbons (Fsp3) is 0.583. The Bertz CT molecular complexity index is 353. The highest BCUT2D eigenvalue weighted by atomic mass is 35.5. The molecule has 0 bridgehead atoms. The summed E-state index contributed by atoms with van der Waals surface area (Å²) >= 11 is 0. The Balaban J connectivity index is 0.00000144. The van der Waals surface area contributed by atoms with Crippen molar-refractivity contribution < 1.29 is 9.21 Å². The van der Waals surface area contributed by atoms with Crippen LogP contribution >= 0.6 is 12.4 Å². The number of hydrogen-bond acceptors (Lipinski definition) is 3. The average molecular weight is 259 g/mol. The molecule has 0 radical (unpaired) electrons. The van der Waals surface area contributed by atoms with Crippen molar-refractivity contribution in [3.05, 3.63) is 24.2 Å². The van der Waals surface area contributed by atoms with Crippen molar-refractivity contribution in [2.45, 2.75) is 31.8 Å². The molecule has 2 unspecified atom stereocenters. The molecule has 96 valence electrons. The number of carbonyl (C=O) groups excluding carboxylic acids is 1. The summed E-state index contributed by atoms with van der Waals surface area (Å²) in [6.45, 7) is 0.539. The second-order valence-corrected chi connectivity index (χ2v) is 4.54. The molecule has 4 nitrogen and oxygen atoms in total. The van der Waals surface area contributed by atoms with Crippen molar-refractivity contribution in [3.8, 4) is 0 Å². The first-order valence-electron chi connectivity index (χ1n) is 5.69. The van der Waals surface area contributed by atoms with E-state index in [-0.39, 0.29) is 30.3 Å². The quantitative estimate of drug-likeness (QED) is 0.899. The minimum absolute atomic E-state index is 0. The number of amides is 1. The van der Waals surface area contributed by atoms with E-state index in [4.69, 9.17) is 10.2 Å². The molecular weight excluding hydrogens is 240 g/mol. The summed E-state index contributed by atoms with van der Waals surface area (Å²) in [7, 11) is 1.81. The van der Waals surface area contributed by atoms with Crippen molar-refractivity contribution >= 4 is 18.3 Å². The van der Waals surface area contributed by atoms with Gasteiger partial charge in [0.1, 0.15) is 5.76 Å². The Kier molecular flexibility index (Phi) is 5.02. The van der Waals surface area contributed by atoms with Gasteiger partial charge in [-0.2, -0.15) is 0 Å². The molecule has 2 N–H and O–H groups in total. The van der Waals surface area contributed by atoms with Gasteiger partial charge in [-0.15, -0.1) is 12.4 Å². The first-order chi connectivity index (χ1) is 7.66. The monoisotopic (exact) mass is 258 g/mol. The maximum Gasteiger partial charge on any atom is 0.225 e. The van der Waals surface area contributed by atoms with E-state index in [0.717, 1.165) is 25.0 Å². The Morgan fingerprint density at radius 3 is 2.88 bits per heavy atom. The first-order valence-corrected chi connectivity index (χ1v) is 5.69. The van der Waals surface area contributed by atoms with Crippen molar-refractivity contribution in [2.75, 3.05) is 7.05 Å². The van der Waals surface area contributed by atoms with Gasteiger partial charge in [-0.3, -0.25) is 4.79 Å². The lowest BCUT2D eigenvalue weighted by atomic mass is 10.1. The number of furan rings is 1. The van der Waals surface area contributed by atoms with Crippen LogP contribution in [0.1, 0.15) is 25.0 Å². The molecule has 1 heterocycles. The van der Waals surface area contributed by atoms with Gasteiger partial charge in [0.15, 0.2) is 0 Å². The third-order valence-corrected chi connectivity index (χ3v) is 3.17.